The fraction of sp³-hybridized carbons (Fsp3) is 0.818. The molecule has 15 heavy (non-hydrogen) atoms. The molecule has 4 nitrogen and oxygen atoms in total. The lowest BCUT2D eigenvalue weighted by atomic mass is 9.88. The van der Waals surface area contributed by atoms with E-state index < -0.39 is 0 Å². The highest BCUT2D eigenvalue weighted by atomic mass is 16.2. The second kappa shape index (κ2) is 4.63. The molecule has 84 valence electrons. The summed E-state index contributed by atoms with van der Waals surface area (Å²) in [5, 5.41) is 12.1. The van der Waals surface area contributed by atoms with E-state index in [0.29, 0.717) is 13.1 Å². The second-order valence-corrected chi connectivity index (χ2v) is 4.59. The van der Waals surface area contributed by atoms with Crippen LogP contribution in [0.5, 0.6) is 0 Å². The molecule has 0 aromatic rings. The van der Waals surface area contributed by atoms with Crippen LogP contribution in [0.3, 0.4) is 0 Å². The first-order valence-electron chi connectivity index (χ1n) is 5.44. The molecule has 1 N–H and O–H groups in total. The van der Waals surface area contributed by atoms with Gasteiger partial charge in [-0.1, -0.05) is 20.8 Å². The van der Waals surface area contributed by atoms with E-state index >= 15 is 0 Å². The monoisotopic (exact) mass is 209 g/mol. The molecular weight excluding hydrogens is 190 g/mol. The summed E-state index contributed by atoms with van der Waals surface area (Å²) in [6, 6.07) is 1.87. The first-order chi connectivity index (χ1) is 7.03. The Bertz CT molecular complexity index is 280. The molecule has 0 radical (unpaired) electrons. The quantitative estimate of drug-likeness (QED) is 0.730. The molecule has 0 saturated carbocycles. The van der Waals surface area contributed by atoms with Crippen molar-refractivity contribution < 1.29 is 4.79 Å². The van der Waals surface area contributed by atoms with Gasteiger partial charge in [-0.3, -0.25) is 4.79 Å². The lowest BCUT2D eigenvalue weighted by Gasteiger charge is -2.37. The van der Waals surface area contributed by atoms with E-state index in [4.69, 9.17) is 5.26 Å². The van der Waals surface area contributed by atoms with Crippen molar-refractivity contribution in [3.63, 3.8) is 0 Å². The van der Waals surface area contributed by atoms with Crippen LogP contribution in [0.4, 0.5) is 0 Å². The summed E-state index contributed by atoms with van der Waals surface area (Å²) in [5.41, 5.74) is -0.355. The Hall–Kier alpha value is -1.08. The van der Waals surface area contributed by atoms with Gasteiger partial charge in [0, 0.05) is 25.0 Å². The maximum absolute atomic E-state index is 12.2. The van der Waals surface area contributed by atoms with Crippen molar-refractivity contribution in [3.8, 4) is 6.07 Å². The van der Waals surface area contributed by atoms with Crippen LogP contribution in [-0.2, 0) is 4.79 Å². The molecule has 1 amide bonds. The number of nitriles is 1. The molecule has 1 fully saturated rings. The molecular formula is C11H19N3O. The van der Waals surface area contributed by atoms with Crippen LogP contribution < -0.4 is 5.32 Å². The summed E-state index contributed by atoms with van der Waals surface area (Å²) in [6.07, 6.45) is 0.800. The maximum Gasteiger partial charge on any atom is 0.229 e. The van der Waals surface area contributed by atoms with E-state index in [9.17, 15) is 4.79 Å². The average Bonchev–Trinajstić information content (AvgIpc) is 2.28. The van der Waals surface area contributed by atoms with Gasteiger partial charge in [-0.2, -0.15) is 5.26 Å². The van der Waals surface area contributed by atoms with E-state index in [1.54, 1.807) is 4.90 Å². The molecule has 0 aliphatic carbocycles. The Kier molecular flexibility index (Phi) is 3.70. The summed E-state index contributed by atoms with van der Waals surface area (Å²) in [5.74, 6) is 0.0954. The van der Waals surface area contributed by atoms with Crippen molar-refractivity contribution in [2.45, 2.75) is 33.2 Å². The van der Waals surface area contributed by atoms with Gasteiger partial charge in [-0.15, -0.1) is 0 Å². The number of piperazine rings is 1. The van der Waals surface area contributed by atoms with Gasteiger partial charge in [0.15, 0.2) is 0 Å². The predicted octanol–water partition coefficient (Wildman–Crippen LogP) is 0.747. The minimum absolute atomic E-state index is 0.0954. The van der Waals surface area contributed by atoms with Crippen LogP contribution in [0.15, 0.2) is 0 Å². The average molecular weight is 209 g/mol. The number of rotatable bonds is 2. The van der Waals surface area contributed by atoms with Gasteiger partial charge in [0.25, 0.3) is 0 Å². The van der Waals surface area contributed by atoms with Crippen molar-refractivity contribution in [1.82, 2.24) is 10.2 Å². The first kappa shape index (κ1) is 12.0. The van der Waals surface area contributed by atoms with Gasteiger partial charge >= 0.3 is 0 Å². The summed E-state index contributed by atoms with van der Waals surface area (Å²) < 4.78 is 0. The molecule has 1 aliphatic heterocycles. The Balaban J connectivity index is 2.77. The van der Waals surface area contributed by atoms with Crippen LogP contribution in [-0.4, -0.2) is 36.5 Å². The molecule has 0 aromatic carbocycles. The highest BCUT2D eigenvalue weighted by Gasteiger charge is 2.35. The van der Waals surface area contributed by atoms with Crippen LogP contribution >= 0.6 is 0 Å². The smallest absolute Gasteiger partial charge is 0.229 e. The number of hydrogen-bond donors (Lipinski definition) is 1. The third kappa shape index (κ3) is 2.48. The van der Waals surface area contributed by atoms with Crippen molar-refractivity contribution in [1.29, 1.82) is 5.26 Å². The molecule has 4 heteroatoms. The first-order valence-corrected chi connectivity index (χ1v) is 5.44. The molecule has 1 aliphatic rings. The third-order valence-corrected chi connectivity index (χ3v) is 3.12. The number of hydrogen-bond acceptors (Lipinski definition) is 3. The van der Waals surface area contributed by atoms with Crippen LogP contribution in [0.1, 0.15) is 27.2 Å². The Morgan fingerprint density at radius 3 is 2.87 bits per heavy atom. The van der Waals surface area contributed by atoms with Gasteiger partial charge in [0.1, 0.15) is 6.04 Å². The van der Waals surface area contributed by atoms with Crippen LogP contribution in [0.2, 0.25) is 0 Å². The van der Waals surface area contributed by atoms with Crippen LogP contribution in [0.25, 0.3) is 0 Å². The van der Waals surface area contributed by atoms with Gasteiger partial charge < -0.3 is 10.2 Å². The Labute approximate surface area is 91.2 Å². The van der Waals surface area contributed by atoms with Crippen molar-refractivity contribution in [3.05, 3.63) is 0 Å². The van der Waals surface area contributed by atoms with Gasteiger partial charge in [0.05, 0.1) is 6.07 Å². The van der Waals surface area contributed by atoms with Crippen molar-refractivity contribution >= 4 is 5.91 Å². The minimum atomic E-state index is -0.355. The SMILES string of the molecule is CCC(C)(C)C(=O)N1CCNCC1C#N. The molecule has 0 spiro atoms. The van der Waals surface area contributed by atoms with E-state index in [1.165, 1.54) is 0 Å². The Morgan fingerprint density at radius 1 is 1.67 bits per heavy atom. The highest BCUT2D eigenvalue weighted by molar-refractivity contribution is 5.82. The third-order valence-electron chi connectivity index (χ3n) is 3.12. The molecule has 1 heterocycles. The number of amides is 1. The van der Waals surface area contributed by atoms with E-state index in [1.807, 2.05) is 20.8 Å². The molecule has 1 atom stereocenters. The second-order valence-electron chi connectivity index (χ2n) is 4.59. The largest absolute Gasteiger partial charge is 0.324 e. The lowest BCUT2D eigenvalue weighted by molar-refractivity contribution is -0.142. The molecule has 1 unspecified atom stereocenters. The minimum Gasteiger partial charge on any atom is -0.324 e. The zero-order chi connectivity index (χ0) is 11.5. The van der Waals surface area contributed by atoms with Gasteiger partial charge in [0.2, 0.25) is 5.91 Å². The van der Waals surface area contributed by atoms with Gasteiger partial charge in [-0.25, -0.2) is 0 Å². The van der Waals surface area contributed by atoms with E-state index in [-0.39, 0.29) is 17.4 Å². The zero-order valence-electron chi connectivity index (χ0n) is 9.71. The summed E-state index contributed by atoms with van der Waals surface area (Å²) in [4.78, 5) is 13.9. The predicted molar refractivity (Wildman–Crippen MR) is 58.1 cm³/mol. The van der Waals surface area contributed by atoms with E-state index in [2.05, 4.69) is 11.4 Å². The maximum atomic E-state index is 12.2. The Morgan fingerprint density at radius 2 is 2.33 bits per heavy atom. The molecule has 0 aromatic heterocycles. The zero-order valence-corrected chi connectivity index (χ0v) is 9.71. The highest BCUT2D eigenvalue weighted by Crippen LogP contribution is 2.24. The molecule has 1 saturated heterocycles. The number of nitrogens with one attached hydrogen (secondary N) is 1. The molecule has 0 bridgehead atoms. The normalized spacial score (nSPS) is 22.3. The fourth-order valence-corrected chi connectivity index (χ4v) is 1.60. The molecule has 1 rings (SSSR count). The lowest BCUT2D eigenvalue weighted by Crippen LogP contribution is -2.56. The number of carbonyl (C=O) groups is 1. The summed E-state index contributed by atoms with van der Waals surface area (Å²) >= 11 is 0. The summed E-state index contributed by atoms with van der Waals surface area (Å²) in [6.45, 7) is 7.88. The van der Waals surface area contributed by atoms with Crippen molar-refractivity contribution in [2.75, 3.05) is 19.6 Å². The number of carbonyl (C=O) groups excluding carboxylic acids is 1. The van der Waals surface area contributed by atoms with Crippen molar-refractivity contribution in [2.24, 2.45) is 5.41 Å². The van der Waals surface area contributed by atoms with Crippen LogP contribution in [0, 0.1) is 16.7 Å². The topological polar surface area (TPSA) is 56.1 Å². The van der Waals surface area contributed by atoms with Gasteiger partial charge in [-0.05, 0) is 6.42 Å². The number of nitrogens with zero attached hydrogens (tertiary/aromatic N) is 2. The fourth-order valence-electron chi connectivity index (χ4n) is 1.60. The van der Waals surface area contributed by atoms with E-state index in [0.717, 1.165) is 13.0 Å². The summed E-state index contributed by atoms with van der Waals surface area (Å²) in [7, 11) is 0. The standard InChI is InChI=1S/C11H19N3O/c1-4-11(2,3)10(15)14-6-5-13-8-9(14)7-12/h9,13H,4-6,8H2,1-3H3.